The van der Waals surface area contributed by atoms with Crippen molar-refractivity contribution >= 4 is 5.82 Å². The lowest BCUT2D eigenvalue weighted by Crippen LogP contribution is -2.28. The molecule has 1 aliphatic heterocycles. The molecule has 0 aliphatic carbocycles. The molecule has 0 radical (unpaired) electrons. The smallest absolute Gasteiger partial charge is 0.131 e. The second-order valence-electron chi connectivity index (χ2n) is 6.76. The van der Waals surface area contributed by atoms with Gasteiger partial charge in [-0.05, 0) is 49.4 Å². The van der Waals surface area contributed by atoms with E-state index in [4.69, 9.17) is 4.98 Å². The van der Waals surface area contributed by atoms with Gasteiger partial charge in [-0.1, -0.05) is 33.1 Å². The number of rotatable bonds is 5. The largest absolute Gasteiger partial charge is 0.356 e. The van der Waals surface area contributed by atoms with E-state index in [0.717, 1.165) is 13.1 Å². The van der Waals surface area contributed by atoms with Crippen LogP contribution in [0.25, 0.3) is 0 Å². The van der Waals surface area contributed by atoms with Crippen molar-refractivity contribution < 1.29 is 0 Å². The second-order valence-corrected chi connectivity index (χ2v) is 6.76. The first-order chi connectivity index (χ1) is 10.2. The van der Waals surface area contributed by atoms with Gasteiger partial charge in [0, 0.05) is 25.8 Å². The lowest BCUT2D eigenvalue weighted by atomic mass is 10.1. The predicted molar refractivity (Wildman–Crippen MR) is 90.8 cm³/mol. The highest BCUT2D eigenvalue weighted by Gasteiger charge is 2.12. The maximum Gasteiger partial charge on any atom is 0.131 e. The van der Waals surface area contributed by atoms with Crippen LogP contribution in [0.3, 0.4) is 0 Å². The van der Waals surface area contributed by atoms with Gasteiger partial charge in [0.05, 0.1) is 0 Å². The Morgan fingerprint density at radius 1 is 1.14 bits per heavy atom. The fourth-order valence-corrected chi connectivity index (χ4v) is 3.02. The fourth-order valence-electron chi connectivity index (χ4n) is 3.02. The third kappa shape index (κ3) is 5.31. The Labute approximate surface area is 130 Å². The number of hydrogen-bond donors (Lipinski definition) is 1. The highest BCUT2D eigenvalue weighted by Crippen LogP contribution is 2.21. The average molecular weight is 289 g/mol. The van der Waals surface area contributed by atoms with Gasteiger partial charge in [0.25, 0.3) is 0 Å². The van der Waals surface area contributed by atoms with Gasteiger partial charge >= 0.3 is 0 Å². The molecule has 1 aromatic rings. The molecular formula is C18H31N3. The molecule has 118 valence electrons. The summed E-state index contributed by atoms with van der Waals surface area (Å²) in [5.74, 6) is 1.89. The van der Waals surface area contributed by atoms with E-state index in [0.29, 0.717) is 5.92 Å². The molecule has 2 heterocycles. The lowest BCUT2D eigenvalue weighted by molar-refractivity contribution is 0.549. The first-order valence-corrected chi connectivity index (χ1v) is 8.58. The summed E-state index contributed by atoms with van der Waals surface area (Å²) < 4.78 is 0. The molecule has 1 N–H and O–H groups in total. The van der Waals surface area contributed by atoms with Crippen molar-refractivity contribution in [1.82, 2.24) is 10.3 Å². The van der Waals surface area contributed by atoms with Gasteiger partial charge in [-0.2, -0.15) is 0 Å². The third-order valence-electron chi connectivity index (χ3n) is 4.14. The summed E-state index contributed by atoms with van der Waals surface area (Å²) >= 11 is 0. The Bertz CT molecular complexity index is 420. The third-order valence-corrected chi connectivity index (χ3v) is 4.14. The van der Waals surface area contributed by atoms with Crippen molar-refractivity contribution in [2.24, 2.45) is 5.92 Å². The van der Waals surface area contributed by atoms with Crippen LogP contribution in [0, 0.1) is 12.8 Å². The minimum atomic E-state index is 0.694. The molecule has 0 atom stereocenters. The predicted octanol–water partition coefficient (Wildman–Crippen LogP) is 3.91. The van der Waals surface area contributed by atoms with Crippen molar-refractivity contribution in [2.45, 2.75) is 59.4 Å². The van der Waals surface area contributed by atoms with E-state index < -0.39 is 0 Å². The zero-order valence-electron chi connectivity index (χ0n) is 14.0. The van der Waals surface area contributed by atoms with Gasteiger partial charge in [-0.25, -0.2) is 4.98 Å². The summed E-state index contributed by atoms with van der Waals surface area (Å²) in [6.45, 7) is 11.0. The molecule has 0 bridgehead atoms. The maximum atomic E-state index is 4.76. The Kier molecular flexibility index (Phi) is 6.50. The minimum Gasteiger partial charge on any atom is -0.356 e. The van der Waals surface area contributed by atoms with Crippen LogP contribution in [0.1, 0.15) is 57.1 Å². The summed E-state index contributed by atoms with van der Waals surface area (Å²) in [6, 6.07) is 2.30. The molecule has 0 amide bonds. The van der Waals surface area contributed by atoms with Crippen molar-refractivity contribution in [2.75, 3.05) is 24.5 Å². The zero-order valence-corrected chi connectivity index (χ0v) is 14.0. The van der Waals surface area contributed by atoms with Crippen molar-refractivity contribution in [1.29, 1.82) is 0 Å². The summed E-state index contributed by atoms with van der Waals surface area (Å²) in [5.41, 5.74) is 2.61. The lowest BCUT2D eigenvalue weighted by Gasteiger charge is -2.27. The number of nitrogens with one attached hydrogen (secondary N) is 1. The van der Waals surface area contributed by atoms with E-state index in [1.807, 2.05) is 0 Å². The Morgan fingerprint density at radius 2 is 1.81 bits per heavy atom. The number of aromatic nitrogens is 1. The van der Waals surface area contributed by atoms with E-state index in [1.165, 1.54) is 62.1 Å². The van der Waals surface area contributed by atoms with E-state index in [1.54, 1.807) is 0 Å². The quantitative estimate of drug-likeness (QED) is 0.891. The van der Waals surface area contributed by atoms with E-state index >= 15 is 0 Å². The van der Waals surface area contributed by atoms with Gasteiger partial charge < -0.3 is 10.2 Å². The molecule has 21 heavy (non-hydrogen) atoms. The summed E-state index contributed by atoms with van der Waals surface area (Å²) in [5, 5.41) is 3.49. The van der Waals surface area contributed by atoms with E-state index in [2.05, 4.69) is 43.3 Å². The minimum absolute atomic E-state index is 0.694. The number of pyridine rings is 1. The Morgan fingerprint density at radius 3 is 2.43 bits per heavy atom. The van der Waals surface area contributed by atoms with Crippen LogP contribution in [0.2, 0.25) is 0 Å². The first-order valence-electron chi connectivity index (χ1n) is 8.58. The molecule has 0 aromatic carbocycles. The van der Waals surface area contributed by atoms with Crippen LogP contribution >= 0.6 is 0 Å². The number of hydrogen-bond acceptors (Lipinski definition) is 3. The van der Waals surface area contributed by atoms with Crippen LogP contribution in [0.4, 0.5) is 5.82 Å². The molecule has 0 unspecified atom stereocenters. The summed E-state index contributed by atoms with van der Waals surface area (Å²) in [4.78, 5) is 7.24. The van der Waals surface area contributed by atoms with Crippen molar-refractivity contribution in [3.8, 4) is 0 Å². The number of anilines is 1. The molecule has 3 nitrogen and oxygen atoms in total. The van der Waals surface area contributed by atoms with Crippen LogP contribution in [0.15, 0.2) is 12.3 Å². The topological polar surface area (TPSA) is 28.2 Å². The molecule has 0 spiro atoms. The van der Waals surface area contributed by atoms with Gasteiger partial charge in [0.2, 0.25) is 0 Å². The average Bonchev–Trinajstić information content (AvgIpc) is 2.39. The van der Waals surface area contributed by atoms with Crippen molar-refractivity contribution in [3.05, 3.63) is 23.4 Å². The normalized spacial score (nSPS) is 16.9. The molecular weight excluding hydrogens is 258 g/mol. The van der Waals surface area contributed by atoms with Crippen LogP contribution in [-0.4, -0.2) is 24.6 Å². The summed E-state index contributed by atoms with van der Waals surface area (Å²) in [6.07, 6.45) is 8.80. The SMILES string of the molecule is Cc1cc(CNCC(C)C)cnc1N1CCCCCCC1. The van der Waals surface area contributed by atoms with Gasteiger partial charge in [0.15, 0.2) is 0 Å². The fraction of sp³-hybridized carbons (Fsp3) is 0.722. The number of aryl methyl sites for hydroxylation is 1. The van der Waals surface area contributed by atoms with Crippen LogP contribution in [-0.2, 0) is 6.54 Å². The zero-order chi connectivity index (χ0) is 15.1. The molecule has 0 saturated carbocycles. The van der Waals surface area contributed by atoms with E-state index in [9.17, 15) is 0 Å². The van der Waals surface area contributed by atoms with Crippen LogP contribution < -0.4 is 10.2 Å². The first kappa shape index (κ1) is 16.3. The molecule has 1 aliphatic rings. The summed E-state index contributed by atoms with van der Waals surface area (Å²) in [7, 11) is 0. The Balaban J connectivity index is 1.97. The second kappa shape index (κ2) is 8.38. The highest BCUT2D eigenvalue weighted by molar-refractivity contribution is 5.47. The van der Waals surface area contributed by atoms with Crippen molar-refractivity contribution in [3.63, 3.8) is 0 Å². The molecule has 1 aromatic heterocycles. The molecule has 3 heteroatoms. The molecule has 1 fully saturated rings. The van der Waals surface area contributed by atoms with Crippen LogP contribution in [0.5, 0.6) is 0 Å². The molecule has 1 saturated heterocycles. The highest BCUT2D eigenvalue weighted by atomic mass is 15.2. The molecule has 2 rings (SSSR count). The van der Waals surface area contributed by atoms with Gasteiger partial charge in [-0.3, -0.25) is 0 Å². The van der Waals surface area contributed by atoms with Gasteiger partial charge in [0.1, 0.15) is 5.82 Å². The Hall–Kier alpha value is -1.09. The van der Waals surface area contributed by atoms with Gasteiger partial charge in [-0.15, -0.1) is 0 Å². The monoisotopic (exact) mass is 289 g/mol. The maximum absolute atomic E-state index is 4.76. The standard InChI is InChI=1S/C18H31N3/c1-15(2)12-19-13-17-11-16(3)18(20-14-17)21-9-7-5-4-6-8-10-21/h11,14-15,19H,4-10,12-13H2,1-3H3. The number of nitrogens with zero attached hydrogens (tertiary/aromatic N) is 2. The van der Waals surface area contributed by atoms with E-state index in [-0.39, 0.29) is 0 Å².